The van der Waals surface area contributed by atoms with Crippen LogP contribution in [-0.2, 0) is 14.8 Å². The average molecular weight is 498 g/mol. The summed E-state index contributed by atoms with van der Waals surface area (Å²) in [6.45, 7) is 4.63. The minimum absolute atomic E-state index is 0.0763. The summed E-state index contributed by atoms with van der Waals surface area (Å²) in [6, 6.07) is 9.50. The maximum Gasteiger partial charge on any atom is 0.258 e. The van der Waals surface area contributed by atoms with Crippen molar-refractivity contribution in [1.29, 1.82) is 0 Å². The SMILES string of the molecule is Cc1cc(=O)[nH]c2ccc(NC(=O)c3cc(S(=O)(=O)N4CCOCC4)ccc3N3CCCC3)nc12. The Bertz CT molecular complexity index is 1440. The van der Waals surface area contributed by atoms with Gasteiger partial charge in [-0.05, 0) is 55.7 Å². The first-order valence-corrected chi connectivity index (χ1v) is 13.1. The molecule has 0 bridgehead atoms. The molecule has 0 unspecified atom stereocenters. The van der Waals surface area contributed by atoms with Crippen molar-refractivity contribution in [3.63, 3.8) is 0 Å². The van der Waals surface area contributed by atoms with Crippen LogP contribution in [0.3, 0.4) is 0 Å². The molecule has 2 aliphatic heterocycles. The van der Waals surface area contributed by atoms with Crippen molar-refractivity contribution in [3.05, 3.63) is 57.9 Å². The van der Waals surface area contributed by atoms with E-state index < -0.39 is 15.9 Å². The third-order valence-electron chi connectivity index (χ3n) is 6.38. The van der Waals surface area contributed by atoms with E-state index in [0.717, 1.165) is 25.9 Å². The minimum Gasteiger partial charge on any atom is -0.379 e. The number of anilines is 2. The van der Waals surface area contributed by atoms with Gasteiger partial charge in [0.25, 0.3) is 5.91 Å². The molecule has 35 heavy (non-hydrogen) atoms. The summed E-state index contributed by atoms with van der Waals surface area (Å²) in [4.78, 5) is 34.6. The minimum atomic E-state index is -3.76. The van der Waals surface area contributed by atoms with Crippen molar-refractivity contribution in [1.82, 2.24) is 14.3 Å². The highest BCUT2D eigenvalue weighted by Crippen LogP contribution is 2.29. The van der Waals surface area contributed by atoms with Gasteiger partial charge in [0.15, 0.2) is 0 Å². The number of nitrogens with one attached hydrogen (secondary N) is 2. The second-order valence-corrected chi connectivity index (χ2v) is 10.7. The smallest absolute Gasteiger partial charge is 0.258 e. The van der Waals surface area contributed by atoms with E-state index in [1.807, 2.05) is 0 Å². The molecule has 2 saturated heterocycles. The van der Waals surface area contributed by atoms with Gasteiger partial charge >= 0.3 is 0 Å². The number of fused-ring (bicyclic) bond motifs is 1. The number of ether oxygens (including phenoxy) is 1. The number of hydrogen-bond donors (Lipinski definition) is 2. The lowest BCUT2D eigenvalue weighted by atomic mass is 10.1. The zero-order valence-corrected chi connectivity index (χ0v) is 20.2. The van der Waals surface area contributed by atoms with Crippen LogP contribution in [0.5, 0.6) is 0 Å². The average Bonchev–Trinajstić information content (AvgIpc) is 3.39. The fraction of sp³-hybridized carbons (Fsp3) is 0.375. The molecule has 184 valence electrons. The first-order valence-electron chi connectivity index (χ1n) is 11.6. The number of carbonyl (C=O) groups is 1. The Morgan fingerprint density at radius 1 is 1.06 bits per heavy atom. The van der Waals surface area contributed by atoms with Crippen molar-refractivity contribution in [2.45, 2.75) is 24.7 Å². The molecule has 0 saturated carbocycles. The lowest BCUT2D eigenvalue weighted by Crippen LogP contribution is -2.40. The number of amides is 1. The highest BCUT2D eigenvalue weighted by atomic mass is 32.2. The molecule has 2 aromatic heterocycles. The Morgan fingerprint density at radius 2 is 1.80 bits per heavy atom. The summed E-state index contributed by atoms with van der Waals surface area (Å²) in [7, 11) is -3.76. The predicted octanol–water partition coefficient (Wildman–Crippen LogP) is 2.10. The second kappa shape index (κ2) is 9.40. The van der Waals surface area contributed by atoms with Crippen molar-refractivity contribution in [2.24, 2.45) is 0 Å². The molecule has 1 aromatic carbocycles. The fourth-order valence-electron chi connectivity index (χ4n) is 4.57. The number of H-pyrrole nitrogens is 1. The zero-order chi connectivity index (χ0) is 24.6. The summed E-state index contributed by atoms with van der Waals surface area (Å²) in [5.41, 5.74) is 2.59. The van der Waals surface area contributed by atoms with Crippen LogP contribution in [0.2, 0.25) is 0 Å². The van der Waals surface area contributed by atoms with E-state index in [-0.39, 0.29) is 29.1 Å². The number of sulfonamides is 1. The maximum absolute atomic E-state index is 13.5. The first-order chi connectivity index (χ1) is 16.8. The number of benzene rings is 1. The summed E-state index contributed by atoms with van der Waals surface area (Å²) in [5, 5.41) is 2.82. The van der Waals surface area contributed by atoms with Crippen molar-refractivity contribution in [3.8, 4) is 0 Å². The number of rotatable bonds is 5. The Morgan fingerprint density at radius 3 is 2.54 bits per heavy atom. The zero-order valence-electron chi connectivity index (χ0n) is 19.4. The number of hydrogen-bond acceptors (Lipinski definition) is 7. The predicted molar refractivity (Wildman–Crippen MR) is 133 cm³/mol. The van der Waals surface area contributed by atoms with E-state index in [0.29, 0.717) is 41.3 Å². The number of aryl methyl sites for hydroxylation is 1. The number of carbonyl (C=O) groups excluding carboxylic acids is 1. The standard InChI is InChI=1S/C24H27N5O5S/c1-16-14-22(30)25-19-5-7-21(26-23(16)19)27-24(31)18-15-17(4-6-20(18)28-8-2-3-9-28)35(32,33)29-10-12-34-13-11-29/h4-7,14-15H,2-3,8-13H2,1H3,(H,25,30)(H,26,27,31). The number of morpholine rings is 1. The molecular weight excluding hydrogens is 470 g/mol. The summed E-state index contributed by atoms with van der Waals surface area (Å²) in [6.07, 6.45) is 2.02. The van der Waals surface area contributed by atoms with Crippen LogP contribution in [0.15, 0.2) is 46.1 Å². The quantitative estimate of drug-likeness (QED) is 0.553. The monoisotopic (exact) mass is 497 g/mol. The second-order valence-electron chi connectivity index (χ2n) is 8.75. The highest BCUT2D eigenvalue weighted by molar-refractivity contribution is 7.89. The molecule has 3 aromatic rings. The molecule has 2 N–H and O–H groups in total. The Labute approximate surface area is 203 Å². The van der Waals surface area contributed by atoms with Gasteiger partial charge in [0.1, 0.15) is 5.82 Å². The highest BCUT2D eigenvalue weighted by Gasteiger charge is 2.29. The molecule has 4 heterocycles. The molecule has 5 rings (SSSR count). The van der Waals surface area contributed by atoms with E-state index in [1.165, 1.54) is 16.4 Å². The Balaban J connectivity index is 1.51. The van der Waals surface area contributed by atoms with E-state index in [4.69, 9.17) is 4.74 Å². The molecular formula is C24H27N5O5S. The summed E-state index contributed by atoms with van der Waals surface area (Å²) in [5.74, 6) is -0.133. The lowest BCUT2D eigenvalue weighted by molar-refractivity contribution is 0.0730. The van der Waals surface area contributed by atoms with Crippen LogP contribution in [0.25, 0.3) is 11.0 Å². The lowest BCUT2D eigenvalue weighted by Gasteiger charge is -2.27. The Hall–Kier alpha value is -3.28. The summed E-state index contributed by atoms with van der Waals surface area (Å²) < 4.78 is 33.2. The number of aromatic amines is 1. The van der Waals surface area contributed by atoms with E-state index >= 15 is 0 Å². The van der Waals surface area contributed by atoms with Crippen LogP contribution in [0, 0.1) is 6.92 Å². The normalized spacial score (nSPS) is 17.1. The maximum atomic E-state index is 13.5. The van der Waals surface area contributed by atoms with Crippen LogP contribution in [-0.4, -0.2) is 68.0 Å². The molecule has 10 nitrogen and oxygen atoms in total. The van der Waals surface area contributed by atoms with E-state index in [1.54, 1.807) is 31.2 Å². The van der Waals surface area contributed by atoms with Gasteiger partial charge < -0.3 is 19.9 Å². The topological polar surface area (TPSA) is 125 Å². The number of aromatic nitrogens is 2. The van der Waals surface area contributed by atoms with Gasteiger partial charge in [-0.2, -0.15) is 4.31 Å². The first kappa shape index (κ1) is 23.5. The molecule has 0 atom stereocenters. The van der Waals surface area contributed by atoms with Crippen LogP contribution < -0.4 is 15.8 Å². The van der Waals surface area contributed by atoms with Crippen molar-refractivity contribution in [2.75, 3.05) is 49.6 Å². The Kier molecular flexibility index (Phi) is 6.30. The third-order valence-corrected chi connectivity index (χ3v) is 8.28. The molecule has 2 fully saturated rings. The van der Waals surface area contributed by atoms with Gasteiger partial charge in [0.05, 0.1) is 34.7 Å². The van der Waals surface area contributed by atoms with Gasteiger partial charge in [0.2, 0.25) is 15.6 Å². The van der Waals surface area contributed by atoms with Gasteiger partial charge in [-0.25, -0.2) is 13.4 Å². The van der Waals surface area contributed by atoms with Crippen LogP contribution in [0.4, 0.5) is 11.5 Å². The van der Waals surface area contributed by atoms with Crippen molar-refractivity contribution >= 4 is 38.5 Å². The molecule has 11 heteroatoms. The fourth-order valence-corrected chi connectivity index (χ4v) is 6.01. The van der Waals surface area contributed by atoms with Crippen LogP contribution >= 0.6 is 0 Å². The van der Waals surface area contributed by atoms with Gasteiger partial charge in [-0.3, -0.25) is 9.59 Å². The van der Waals surface area contributed by atoms with Crippen molar-refractivity contribution < 1.29 is 17.9 Å². The molecule has 0 aliphatic carbocycles. The largest absolute Gasteiger partial charge is 0.379 e. The van der Waals surface area contributed by atoms with Gasteiger partial charge in [-0.15, -0.1) is 0 Å². The number of nitrogens with zero attached hydrogens (tertiary/aromatic N) is 3. The van der Waals surface area contributed by atoms with E-state index in [2.05, 4.69) is 20.2 Å². The van der Waals surface area contributed by atoms with E-state index in [9.17, 15) is 18.0 Å². The van der Waals surface area contributed by atoms with Gasteiger partial charge in [-0.1, -0.05) is 0 Å². The third kappa shape index (κ3) is 4.66. The molecule has 0 spiro atoms. The van der Waals surface area contributed by atoms with Gasteiger partial charge in [0, 0.05) is 37.9 Å². The summed E-state index contributed by atoms with van der Waals surface area (Å²) >= 11 is 0. The molecule has 1 amide bonds. The molecule has 0 radical (unpaired) electrons. The van der Waals surface area contributed by atoms with Crippen LogP contribution in [0.1, 0.15) is 28.8 Å². The molecule has 2 aliphatic rings. The number of pyridine rings is 2.